The van der Waals surface area contributed by atoms with Crippen LogP contribution in [0.15, 0.2) is 11.4 Å². The van der Waals surface area contributed by atoms with Crippen molar-refractivity contribution in [1.29, 1.82) is 0 Å². The largest absolute Gasteiger partial charge is 0.393 e. The second-order valence-corrected chi connectivity index (χ2v) is 4.33. The summed E-state index contributed by atoms with van der Waals surface area (Å²) in [6.45, 7) is 2.57. The number of carbonyl (C=O) groups excluding carboxylic acids is 1. The minimum atomic E-state index is -0.276. The topological polar surface area (TPSA) is 40.5 Å². The van der Waals surface area contributed by atoms with Crippen LogP contribution in [0.2, 0.25) is 0 Å². The molecule has 1 unspecified atom stereocenters. The van der Waals surface area contributed by atoms with Gasteiger partial charge in [-0.15, -0.1) is 11.3 Å². The number of nitrogens with zero attached hydrogens (tertiary/aromatic N) is 1. The van der Waals surface area contributed by atoms with E-state index in [1.54, 1.807) is 6.92 Å². The molecule has 4 heteroatoms. The highest BCUT2D eigenvalue weighted by Gasteiger charge is 2.05. The third kappa shape index (κ3) is 3.12. The molecule has 1 aromatic heterocycles. The summed E-state index contributed by atoms with van der Waals surface area (Å²) in [5.41, 5.74) is 1.04. The molecule has 1 atom stereocenters. The highest BCUT2D eigenvalue weighted by atomic mass is 32.1. The van der Waals surface area contributed by atoms with Crippen LogP contribution in [0.4, 0.5) is 5.69 Å². The molecule has 1 heterocycles. The molecule has 0 radical (unpaired) electrons. The Morgan fingerprint density at radius 3 is 2.93 bits per heavy atom. The SMILES string of the molecule is CC(O)CCN(C)c1csc(C=O)c1. The summed E-state index contributed by atoms with van der Waals surface area (Å²) in [5, 5.41) is 11.1. The molecular formula is C10H15NO2S. The number of aliphatic hydroxyl groups is 1. The fourth-order valence-corrected chi connectivity index (χ4v) is 1.86. The van der Waals surface area contributed by atoms with Crippen LogP contribution in [0, 0.1) is 0 Å². The maximum atomic E-state index is 10.5. The molecule has 0 aliphatic rings. The zero-order chi connectivity index (χ0) is 10.6. The Morgan fingerprint density at radius 2 is 2.43 bits per heavy atom. The first-order chi connectivity index (χ1) is 6.63. The molecular weight excluding hydrogens is 198 g/mol. The molecule has 0 amide bonds. The summed E-state index contributed by atoms with van der Waals surface area (Å²) < 4.78 is 0. The second-order valence-electron chi connectivity index (χ2n) is 3.38. The van der Waals surface area contributed by atoms with Crippen molar-refractivity contribution in [3.63, 3.8) is 0 Å². The minimum Gasteiger partial charge on any atom is -0.393 e. The summed E-state index contributed by atoms with van der Waals surface area (Å²) in [6.07, 6.45) is 1.32. The van der Waals surface area contributed by atoms with Crippen LogP contribution in [-0.2, 0) is 0 Å². The van der Waals surface area contributed by atoms with E-state index in [-0.39, 0.29) is 6.10 Å². The first kappa shape index (κ1) is 11.2. The highest BCUT2D eigenvalue weighted by Crippen LogP contribution is 2.21. The van der Waals surface area contributed by atoms with E-state index < -0.39 is 0 Å². The van der Waals surface area contributed by atoms with Gasteiger partial charge in [-0.05, 0) is 19.4 Å². The molecule has 78 valence electrons. The number of hydrogen-bond acceptors (Lipinski definition) is 4. The van der Waals surface area contributed by atoms with E-state index >= 15 is 0 Å². The molecule has 1 rings (SSSR count). The van der Waals surface area contributed by atoms with Crippen LogP contribution < -0.4 is 4.90 Å². The Balaban J connectivity index is 2.51. The molecule has 0 aliphatic heterocycles. The van der Waals surface area contributed by atoms with Gasteiger partial charge in [-0.3, -0.25) is 4.79 Å². The number of anilines is 1. The van der Waals surface area contributed by atoms with Gasteiger partial charge < -0.3 is 10.0 Å². The second kappa shape index (κ2) is 5.12. The van der Waals surface area contributed by atoms with Crippen LogP contribution in [0.3, 0.4) is 0 Å². The molecule has 1 N–H and O–H groups in total. The lowest BCUT2D eigenvalue weighted by molar-refractivity contribution is 0.112. The van der Waals surface area contributed by atoms with Gasteiger partial charge in [0.2, 0.25) is 0 Å². The van der Waals surface area contributed by atoms with Crippen LogP contribution >= 0.6 is 11.3 Å². The lowest BCUT2D eigenvalue weighted by Crippen LogP contribution is -2.21. The monoisotopic (exact) mass is 213 g/mol. The quantitative estimate of drug-likeness (QED) is 0.758. The molecule has 0 saturated carbocycles. The van der Waals surface area contributed by atoms with E-state index in [1.165, 1.54) is 11.3 Å². The Bertz CT molecular complexity index is 296. The Kier molecular flexibility index (Phi) is 4.10. The molecule has 0 spiro atoms. The van der Waals surface area contributed by atoms with Gasteiger partial charge in [-0.25, -0.2) is 0 Å². The molecule has 0 saturated heterocycles. The standard InChI is InChI=1S/C10H15NO2S/c1-8(13)3-4-11(2)9-5-10(6-12)14-7-9/h5-8,13H,3-4H2,1-2H3. The summed E-state index contributed by atoms with van der Waals surface area (Å²) >= 11 is 1.44. The Labute approximate surface area is 88.0 Å². The van der Waals surface area contributed by atoms with Gasteiger partial charge in [0.25, 0.3) is 0 Å². The van der Waals surface area contributed by atoms with Crippen LogP contribution in [0.25, 0.3) is 0 Å². The predicted molar refractivity (Wildman–Crippen MR) is 59.3 cm³/mol. The lowest BCUT2D eigenvalue weighted by atomic mass is 10.2. The van der Waals surface area contributed by atoms with Crippen molar-refractivity contribution in [3.05, 3.63) is 16.3 Å². The van der Waals surface area contributed by atoms with Crippen LogP contribution in [0.5, 0.6) is 0 Å². The van der Waals surface area contributed by atoms with Crippen molar-refractivity contribution >= 4 is 23.3 Å². The number of hydrogen-bond donors (Lipinski definition) is 1. The van der Waals surface area contributed by atoms with Crippen molar-refractivity contribution < 1.29 is 9.90 Å². The summed E-state index contributed by atoms with van der Waals surface area (Å²) in [5.74, 6) is 0. The van der Waals surface area contributed by atoms with Crippen molar-refractivity contribution in [3.8, 4) is 0 Å². The van der Waals surface area contributed by atoms with Crippen molar-refractivity contribution in [2.24, 2.45) is 0 Å². The average molecular weight is 213 g/mol. The first-order valence-electron chi connectivity index (χ1n) is 4.56. The van der Waals surface area contributed by atoms with Gasteiger partial charge in [0.05, 0.1) is 11.0 Å². The summed E-state index contributed by atoms with van der Waals surface area (Å²) in [6, 6.07) is 1.86. The van der Waals surface area contributed by atoms with E-state index in [0.29, 0.717) is 0 Å². The fourth-order valence-electron chi connectivity index (χ4n) is 1.11. The molecule has 0 fully saturated rings. The molecule has 0 aliphatic carbocycles. The van der Waals surface area contributed by atoms with E-state index in [1.807, 2.05) is 23.4 Å². The minimum absolute atomic E-state index is 0.276. The van der Waals surface area contributed by atoms with E-state index in [4.69, 9.17) is 5.11 Å². The fraction of sp³-hybridized carbons (Fsp3) is 0.500. The summed E-state index contributed by atoms with van der Waals surface area (Å²) in [4.78, 5) is 13.2. The third-order valence-corrected chi connectivity index (χ3v) is 2.89. The van der Waals surface area contributed by atoms with Crippen molar-refractivity contribution in [1.82, 2.24) is 0 Å². The normalized spacial score (nSPS) is 12.5. The zero-order valence-electron chi connectivity index (χ0n) is 8.43. The molecule has 1 aromatic rings. The number of aliphatic hydroxyl groups excluding tert-OH is 1. The van der Waals surface area contributed by atoms with Crippen LogP contribution in [-0.4, -0.2) is 31.1 Å². The van der Waals surface area contributed by atoms with Gasteiger partial charge in [-0.2, -0.15) is 0 Å². The molecule has 0 aromatic carbocycles. The van der Waals surface area contributed by atoms with E-state index in [2.05, 4.69) is 0 Å². The molecule has 14 heavy (non-hydrogen) atoms. The van der Waals surface area contributed by atoms with Gasteiger partial charge in [0.1, 0.15) is 0 Å². The maximum absolute atomic E-state index is 10.5. The highest BCUT2D eigenvalue weighted by molar-refractivity contribution is 7.12. The van der Waals surface area contributed by atoms with Crippen molar-refractivity contribution in [2.75, 3.05) is 18.5 Å². The number of thiophene rings is 1. The van der Waals surface area contributed by atoms with Gasteiger partial charge >= 0.3 is 0 Å². The Morgan fingerprint density at radius 1 is 1.71 bits per heavy atom. The van der Waals surface area contributed by atoms with Gasteiger partial charge in [-0.1, -0.05) is 0 Å². The lowest BCUT2D eigenvalue weighted by Gasteiger charge is -2.18. The Hall–Kier alpha value is -0.870. The maximum Gasteiger partial charge on any atom is 0.160 e. The van der Waals surface area contributed by atoms with E-state index in [0.717, 1.165) is 29.8 Å². The van der Waals surface area contributed by atoms with Crippen LogP contribution in [0.1, 0.15) is 23.0 Å². The average Bonchev–Trinajstić information content (AvgIpc) is 2.62. The van der Waals surface area contributed by atoms with E-state index in [9.17, 15) is 4.79 Å². The number of rotatable bonds is 5. The summed E-state index contributed by atoms with van der Waals surface area (Å²) in [7, 11) is 1.96. The zero-order valence-corrected chi connectivity index (χ0v) is 9.25. The van der Waals surface area contributed by atoms with Gasteiger partial charge in [0.15, 0.2) is 6.29 Å². The smallest absolute Gasteiger partial charge is 0.160 e. The first-order valence-corrected chi connectivity index (χ1v) is 5.44. The predicted octanol–water partition coefficient (Wildman–Crippen LogP) is 1.77. The molecule has 3 nitrogen and oxygen atoms in total. The molecule has 0 bridgehead atoms. The number of aldehydes is 1. The van der Waals surface area contributed by atoms with Crippen molar-refractivity contribution in [2.45, 2.75) is 19.4 Å². The number of carbonyl (C=O) groups is 1. The van der Waals surface area contributed by atoms with Gasteiger partial charge in [0, 0.05) is 24.7 Å². The third-order valence-electron chi connectivity index (χ3n) is 2.05.